The molecule has 15 heavy (non-hydrogen) atoms. The molecule has 78 valence electrons. The van der Waals surface area contributed by atoms with Crippen LogP contribution in [0, 0.1) is 0 Å². The number of rotatable bonds is 0. The molecule has 0 aliphatic heterocycles. The second-order valence-corrected chi connectivity index (χ2v) is 3.14. The van der Waals surface area contributed by atoms with Crippen molar-refractivity contribution in [3.8, 4) is 0 Å². The first-order chi connectivity index (χ1) is 7.50. The first-order valence-electron chi connectivity index (χ1n) is 4.34. The van der Waals surface area contributed by atoms with E-state index in [9.17, 15) is 0 Å². The summed E-state index contributed by atoms with van der Waals surface area (Å²) in [6, 6.07) is 5.87. The quantitative estimate of drug-likeness (QED) is 0.611. The minimum absolute atomic E-state index is 1.62. The number of nitrogens with zero attached hydrogens (tertiary/aromatic N) is 2. The summed E-state index contributed by atoms with van der Waals surface area (Å²) in [6.07, 6.45) is 8.54. The van der Waals surface area contributed by atoms with Crippen molar-refractivity contribution >= 4 is 11.3 Å². The van der Waals surface area contributed by atoms with E-state index in [4.69, 9.17) is 0 Å². The molecular weight excluding hydrogens is 208 g/mol. The van der Waals surface area contributed by atoms with Crippen LogP contribution in [0.3, 0.4) is 0 Å². The topological polar surface area (TPSA) is 57.4 Å². The van der Waals surface area contributed by atoms with Crippen molar-refractivity contribution in [3.63, 3.8) is 0 Å². The van der Waals surface area contributed by atoms with E-state index in [1.165, 1.54) is 0 Å². The van der Waals surface area contributed by atoms with Crippen LogP contribution in [0.5, 0.6) is 0 Å². The lowest BCUT2D eigenvalue weighted by molar-refractivity contribution is 1.09. The first kappa shape index (κ1) is 11.2. The van der Waals surface area contributed by atoms with Gasteiger partial charge in [0.15, 0.2) is 0 Å². The van der Waals surface area contributed by atoms with Gasteiger partial charge in [0.25, 0.3) is 0 Å². The van der Waals surface area contributed by atoms with Crippen LogP contribution in [0.25, 0.3) is 0 Å². The average Bonchev–Trinajstić information content (AvgIpc) is 3.09. The van der Waals surface area contributed by atoms with Crippen molar-refractivity contribution in [1.82, 2.24) is 20.2 Å². The Labute approximate surface area is 92.0 Å². The van der Waals surface area contributed by atoms with Gasteiger partial charge in [0.1, 0.15) is 0 Å². The smallest absolute Gasteiger partial charge is 0.0919 e. The lowest BCUT2D eigenvalue weighted by Crippen LogP contribution is -1.53. The van der Waals surface area contributed by atoms with E-state index in [1.54, 1.807) is 42.5 Å². The maximum Gasteiger partial charge on any atom is 0.0919 e. The van der Waals surface area contributed by atoms with Gasteiger partial charge in [-0.05, 0) is 16.8 Å². The highest BCUT2D eigenvalue weighted by Gasteiger charge is 1.58. The van der Waals surface area contributed by atoms with Crippen molar-refractivity contribution in [2.75, 3.05) is 0 Å². The molecule has 0 fully saturated rings. The van der Waals surface area contributed by atoms with Crippen LogP contribution in [0.15, 0.2) is 60.1 Å². The summed E-state index contributed by atoms with van der Waals surface area (Å²) < 4.78 is 0. The van der Waals surface area contributed by atoms with Gasteiger partial charge in [0.2, 0.25) is 0 Å². The molecule has 0 aliphatic carbocycles. The van der Waals surface area contributed by atoms with Crippen LogP contribution in [-0.2, 0) is 0 Å². The van der Waals surface area contributed by atoms with E-state index in [2.05, 4.69) is 20.2 Å². The van der Waals surface area contributed by atoms with Crippen molar-refractivity contribution in [1.29, 1.82) is 0 Å². The standard InChI is InChI=1S/C4H4S.2C3H4N2/c1-2-4-5-3-1;1-2-5-3-4-1;1-2-4-5-3-1/h1-4H;2*1-3H,(H,4,5). The Bertz CT molecular complexity index is 249. The van der Waals surface area contributed by atoms with E-state index < -0.39 is 0 Å². The number of thiophene rings is 1. The van der Waals surface area contributed by atoms with Gasteiger partial charge in [0, 0.05) is 24.8 Å². The lowest BCUT2D eigenvalue weighted by atomic mass is 10.7. The Kier molecular flexibility index (Phi) is 6.50. The molecule has 3 heterocycles. The van der Waals surface area contributed by atoms with Crippen LogP contribution in [0.4, 0.5) is 0 Å². The first-order valence-corrected chi connectivity index (χ1v) is 5.28. The number of nitrogens with one attached hydrogen (secondary N) is 2. The molecule has 0 spiro atoms. The summed E-state index contributed by atoms with van der Waals surface area (Å²) in [5.74, 6) is 0. The van der Waals surface area contributed by atoms with Gasteiger partial charge >= 0.3 is 0 Å². The van der Waals surface area contributed by atoms with E-state index in [0.29, 0.717) is 0 Å². The molecule has 3 aromatic rings. The van der Waals surface area contributed by atoms with Gasteiger partial charge in [0.05, 0.1) is 6.33 Å². The SMILES string of the molecule is c1c[nH]cn1.c1ccsc1.c1cn[nH]c1. The minimum atomic E-state index is 1.62. The number of imidazole rings is 1. The normalized spacial score (nSPS) is 8.00. The third kappa shape index (κ3) is 7.21. The molecule has 0 radical (unpaired) electrons. The van der Waals surface area contributed by atoms with Gasteiger partial charge in [-0.15, -0.1) is 0 Å². The van der Waals surface area contributed by atoms with Crippen LogP contribution in [0.1, 0.15) is 0 Å². The molecule has 3 aromatic heterocycles. The summed E-state index contributed by atoms with van der Waals surface area (Å²) in [4.78, 5) is 6.42. The third-order valence-corrected chi connectivity index (χ3v) is 1.87. The lowest BCUT2D eigenvalue weighted by Gasteiger charge is -1.49. The zero-order valence-electron chi connectivity index (χ0n) is 8.08. The Balaban J connectivity index is 0.000000112. The van der Waals surface area contributed by atoms with Gasteiger partial charge in [-0.2, -0.15) is 16.4 Å². The van der Waals surface area contributed by atoms with Gasteiger partial charge < -0.3 is 4.98 Å². The van der Waals surface area contributed by atoms with Crippen LogP contribution < -0.4 is 0 Å². The molecular formula is C10H12N4S. The monoisotopic (exact) mass is 220 g/mol. The van der Waals surface area contributed by atoms with Crippen molar-refractivity contribution in [2.45, 2.75) is 0 Å². The van der Waals surface area contributed by atoms with Crippen molar-refractivity contribution < 1.29 is 0 Å². The fourth-order valence-corrected chi connectivity index (χ4v) is 1.11. The molecule has 0 saturated heterocycles. The van der Waals surface area contributed by atoms with Gasteiger partial charge in [-0.1, -0.05) is 12.1 Å². The number of hydrogen-bond acceptors (Lipinski definition) is 3. The van der Waals surface area contributed by atoms with E-state index in [1.807, 2.05) is 29.0 Å². The highest BCUT2D eigenvalue weighted by Crippen LogP contribution is 1.91. The van der Waals surface area contributed by atoms with Crippen LogP contribution >= 0.6 is 11.3 Å². The molecule has 0 aromatic carbocycles. The van der Waals surface area contributed by atoms with Crippen LogP contribution in [-0.4, -0.2) is 20.2 Å². The number of aromatic nitrogens is 4. The summed E-state index contributed by atoms with van der Waals surface area (Å²) in [6.45, 7) is 0. The molecule has 0 unspecified atom stereocenters. The molecule has 5 heteroatoms. The van der Waals surface area contributed by atoms with Crippen molar-refractivity contribution in [2.24, 2.45) is 0 Å². The highest BCUT2D eigenvalue weighted by atomic mass is 32.1. The van der Waals surface area contributed by atoms with Crippen molar-refractivity contribution in [3.05, 3.63) is 60.1 Å². The summed E-state index contributed by atoms with van der Waals surface area (Å²) >= 11 is 1.71. The van der Waals surface area contributed by atoms with Gasteiger partial charge in [-0.25, -0.2) is 4.98 Å². The molecule has 4 nitrogen and oxygen atoms in total. The molecule has 0 saturated carbocycles. The second-order valence-electron chi connectivity index (χ2n) is 2.32. The molecule has 2 N–H and O–H groups in total. The summed E-state index contributed by atoms with van der Waals surface area (Å²) in [7, 11) is 0. The maximum atomic E-state index is 3.67. The highest BCUT2D eigenvalue weighted by molar-refractivity contribution is 7.07. The fraction of sp³-hybridized carbons (Fsp3) is 0. The molecule has 0 bridgehead atoms. The minimum Gasteiger partial charge on any atom is -0.351 e. The largest absolute Gasteiger partial charge is 0.351 e. The van der Waals surface area contributed by atoms with Crippen LogP contribution in [0.2, 0.25) is 0 Å². The number of H-pyrrole nitrogens is 2. The van der Waals surface area contributed by atoms with Gasteiger partial charge in [-0.3, -0.25) is 5.10 Å². The number of aromatic amines is 2. The van der Waals surface area contributed by atoms with E-state index in [0.717, 1.165) is 0 Å². The molecule has 0 amide bonds. The van der Waals surface area contributed by atoms with E-state index >= 15 is 0 Å². The second kappa shape index (κ2) is 8.71. The molecule has 0 aliphatic rings. The Morgan fingerprint density at radius 3 is 2.00 bits per heavy atom. The predicted molar refractivity (Wildman–Crippen MR) is 61.5 cm³/mol. The maximum absolute atomic E-state index is 3.67. The molecule has 0 atom stereocenters. The zero-order chi connectivity index (χ0) is 10.6. The fourth-order valence-electron chi connectivity index (χ4n) is 0.657. The summed E-state index contributed by atoms with van der Waals surface area (Å²) in [5, 5.41) is 10.3. The zero-order valence-corrected chi connectivity index (χ0v) is 8.89. The Morgan fingerprint density at radius 2 is 1.80 bits per heavy atom. The Hall–Kier alpha value is -1.88. The third-order valence-electron chi connectivity index (χ3n) is 1.24. The predicted octanol–water partition coefficient (Wildman–Crippen LogP) is 2.57. The average molecular weight is 220 g/mol. The summed E-state index contributed by atoms with van der Waals surface area (Å²) in [5.41, 5.74) is 0. The molecule has 3 rings (SSSR count). The Morgan fingerprint density at radius 1 is 0.933 bits per heavy atom. The van der Waals surface area contributed by atoms with E-state index in [-0.39, 0.29) is 0 Å². The number of hydrogen-bond donors (Lipinski definition) is 2.